The number of hydrogen-bond acceptors (Lipinski definition) is 2. The van der Waals surface area contributed by atoms with Gasteiger partial charge in [-0.05, 0) is 0 Å². The average molecular weight is 344 g/mol. The van der Waals surface area contributed by atoms with Crippen molar-refractivity contribution in [2.45, 2.75) is 24.2 Å². The Morgan fingerprint density at radius 3 is 1.55 bits per heavy atom. The molecule has 0 amide bonds. The minimum atomic E-state index is -7.13. The van der Waals surface area contributed by atoms with Gasteiger partial charge in [-0.1, -0.05) is 0 Å². The molecular weight excluding hydrogens is 342 g/mol. The Balaban J connectivity index is 5.90. The molecule has 1 unspecified atom stereocenters. The third-order valence-electron chi connectivity index (χ3n) is 1.73. The zero-order valence-corrected chi connectivity index (χ0v) is 9.35. The van der Waals surface area contributed by atoms with Crippen molar-refractivity contribution in [1.82, 2.24) is 0 Å². The van der Waals surface area contributed by atoms with Gasteiger partial charge in [0.1, 0.15) is 0 Å². The first kappa shape index (κ1) is 18.9. The summed E-state index contributed by atoms with van der Waals surface area (Å²) in [6, 6.07) is 0. The van der Waals surface area contributed by atoms with E-state index in [1.165, 1.54) is 0 Å². The van der Waals surface area contributed by atoms with Crippen LogP contribution in [0.1, 0.15) is 0 Å². The molecule has 120 valence electrons. The first-order valence-electron chi connectivity index (χ1n) is 3.97. The summed E-state index contributed by atoms with van der Waals surface area (Å²) in [7, 11) is -6.25. The molecule has 20 heavy (non-hydrogen) atoms. The highest BCUT2D eigenvalue weighted by molar-refractivity contribution is 7.89. The third kappa shape index (κ3) is 3.16. The summed E-state index contributed by atoms with van der Waals surface area (Å²) in [4.78, 5) is 0. The Hall–Kier alpha value is -1.05. The molecule has 0 heterocycles. The monoisotopic (exact) mass is 344 g/mol. The fraction of sp³-hybridized carbons (Fsp3) is 0.667. The van der Waals surface area contributed by atoms with E-state index < -0.39 is 45.3 Å². The molecule has 0 aliphatic heterocycles. The molecule has 0 aliphatic carbocycles. The topological polar surface area (TPSA) is 54.4 Å². The maximum Gasteiger partial charge on any atom is 0.460 e. The van der Waals surface area contributed by atoms with Crippen LogP contribution in [-0.4, -0.2) is 37.2 Å². The van der Waals surface area contributed by atoms with Crippen LogP contribution in [0.5, 0.6) is 0 Å². The first-order chi connectivity index (χ1) is 8.48. The quantitative estimate of drug-likeness (QED) is 0.630. The smallest absolute Gasteiger partial charge is 0.280 e. The van der Waals surface area contributed by atoms with E-state index in [4.69, 9.17) is 4.55 Å². The van der Waals surface area contributed by atoms with Gasteiger partial charge in [-0.2, -0.15) is 43.5 Å². The number of hydrogen-bond donors (Lipinski definition) is 1. The fourth-order valence-corrected chi connectivity index (χ4v) is 1.08. The fourth-order valence-electron chi connectivity index (χ4n) is 0.730. The molecule has 0 aromatic carbocycles. The second kappa shape index (κ2) is 5.05. The van der Waals surface area contributed by atoms with E-state index in [0.29, 0.717) is 0 Å². The van der Waals surface area contributed by atoms with E-state index in [2.05, 4.69) is 0 Å². The van der Waals surface area contributed by atoms with Gasteiger partial charge in [0.25, 0.3) is 5.16 Å². The minimum Gasteiger partial charge on any atom is -0.280 e. The van der Waals surface area contributed by atoms with Crippen LogP contribution in [0.25, 0.3) is 0 Å². The van der Waals surface area contributed by atoms with Crippen LogP contribution >= 0.6 is 0 Å². The van der Waals surface area contributed by atoms with E-state index >= 15 is 0 Å². The van der Waals surface area contributed by atoms with Crippen LogP contribution in [-0.2, 0) is 10.1 Å². The predicted octanol–water partition coefficient (Wildman–Crippen LogP) is 3.15. The lowest BCUT2D eigenvalue weighted by molar-refractivity contribution is -0.364. The molecule has 0 saturated carbocycles. The molecule has 14 heteroatoms. The Morgan fingerprint density at radius 2 is 1.30 bits per heavy atom. The molecule has 0 fully saturated rings. The Labute approximate surface area is 103 Å². The highest BCUT2D eigenvalue weighted by Gasteiger charge is 2.77. The summed E-state index contributed by atoms with van der Waals surface area (Å²) in [5, 5.41) is -3.65. The summed E-state index contributed by atoms with van der Waals surface area (Å²) >= 11 is 0. The number of rotatable bonds is 4. The van der Waals surface area contributed by atoms with Crippen molar-refractivity contribution in [3.8, 4) is 0 Å². The lowest BCUT2D eigenvalue weighted by Crippen LogP contribution is -2.56. The number of alkyl halides is 8. The van der Waals surface area contributed by atoms with Crippen molar-refractivity contribution < 1.29 is 56.9 Å². The van der Waals surface area contributed by atoms with Gasteiger partial charge in [0.15, 0.2) is 5.83 Å². The molecule has 3 nitrogen and oxygen atoms in total. The zero-order chi connectivity index (χ0) is 16.7. The van der Waals surface area contributed by atoms with E-state index in [0.717, 1.165) is 0 Å². The Bertz CT molecular complexity index is 504. The van der Waals surface area contributed by atoms with E-state index in [-0.39, 0.29) is 0 Å². The summed E-state index contributed by atoms with van der Waals surface area (Å²) in [5.41, 5.74) is 0. The highest BCUT2D eigenvalue weighted by Crippen LogP contribution is 2.50. The zero-order valence-electron chi connectivity index (χ0n) is 8.53. The molecule has 0 radical (unpaired) electrons. The van der Waals surface area contributed by atoms with Crippen LogP contribution < -0.4 is 0 Å². The highest BCUT2D eigenvalue weighted by atomic mass is 32.2. The summed E-state index contributed by atoms with van der Waals surface area (Å²) < 4.78 is 149. The molecule has 1 N–H and O–H groups in total. The molecule has 0 aromatic heterocycles. The standard InChI is InChI=1S/C6H2F10O3S/c7-1(3(9)20(17,18)19)2(8)4(10,11)5(12,13)6(14,15)16/h2H,(H,17,18,19)/b3-1-. The Kier molecular flexibility index (Phi) is 4.79. The molecule has 1 atom stereocenters. The van der Waals surface area contributed by atoms with Crippen molar-refractivity contribution in [1.29, 1.82) is 0 Å². The van der Waals surface area contributed by atoms with Crippen LogP contribution in [0.2, 0.25) is 0 Å². The van der Waals surface area contributed by atoms with Crippen LogP contribution in [0.15, 0.2) is 11.0 Å². The molecule has 0 rings (SSSR count). The van der Waals surface area contributed by atoms with Gasteiger partial charge < -0.3 is 0 Å². The van der Waals surface area contributed by atoms with Gasteiger partial charge in [0, 0.05) is 0 Å². The predicted molar refractivity (Wildman–Crippen MR) is 41.6 cm³/mol. The van der Waals surface area contributed by atoms with Gasteiger partial charge in [-0.15, -0.1) is 0 Å². The third-order valence-corrected chi connectivity index (χ3v) is 2.38. The SMILES string of the molecule is O=S(=O)(O)/C(F)=C(\F)C(F)C(F)(F)C(F)(F)C(F)(F)F. The summed E-state index contributed by atoms with van der Waals surface area (Å²) in [6.45, 7) is 0. The van der Waals surface area contributed by atoms with Gasteiger partial charge >= 0.3 is 28.1 Å². The molecule has 0 bridgehead atoms. The minimum absolute atomic E-state index is 3.65. The maximum absolute atomic E-state index is 12.6. The largest absolute Gasteiger partial charge is 0.460 e. The normalized spacial score (nSPS) is 17.8. The van der Waals surface area contributed by atoms with E-state index in [1.807, 2.05) is 0 Å². The van der Waals surface area contributed by atoms with Gasteiger partial charge in [-0.3, -0.25) is 4.55 Å². The van der Waals surface area contributed by atoms with Crippen LogP contribution in [0.3, 0.4) is 0 Å². The van der Waals surface area contributed by atoms with Crippen molar-refractivity contribution >= 4 is 10.1 Å². The van der Waals surface area contributed by atoms with E-state index in [1.54, 1.807) is 0 Å². The lowest BCUT2D eigenvalue weighted by Gasteiger charge is -2.29. The Morgan fingerprint density at radius 1 is 0.950 bits per heavy atom. The van der Waals surface area contributed by atoms with Crippen molar-refractivity contribution in [2.75, 3.05) is 0 Å². The first-order valence-corrected chi connectivity index (χ1v) is 5.41. The van der Waals surface area contributed by atoms with Crippen LogP contribution in [0.4, 0.5) is 43.9 Å². The van der Waals surface area contributed by atoms with Crippen LogP contribution in [0, 0.1) is 0 Å². The molecule has 0 spiro atoms. The average Bonchev–Trinajstić information content (AvgIpc) is 2.22. The van der Waals surface area contributed by atoms with Gasteiger partial charge in [-0.25, -0.2) is 8.78 Å². The van der Waals surface area contributed by atoms with Gasteiger partial charge in [0.05, 0.1) is 0 Å². The van der Waals surface area contributed by atoms with Crippen molar-refractivity contribution in [3.63, 3.8) is 0 Å². The summed E-state index contributed by atoms with van der Waals surface area (Å²) in [5.74, 6) is -17.8. The second-order valence-corrected chi connectivity index (χ2v) is 4.46. The molecule has 0 aromatic rings. The molecular formula is C6H2F10O3S. The number of allylic oxidation sites excluding steroid dienone is 1. The number of halogens is 10. The molecule has 0 saturated heterocycles. The molecule has 0 aliphatic rings. The second-order valence-electron chi connectivity index (χ2n) is 3.15. The van der Waals surface area contributed by atoms with Crippen molar-refractivity contribution in [2.24, 2.45) is 0 Å². The van der Waals surface area contributed by atoms with Gasteiger partial charge in [0.2, 0.25) is 6.17 Å². The van der Waals surface area contributed by atoms with E-state index in [9.17, 15) is 52.3 Å². The summed E-state index contributed by atoms with van der Waals surface area (Å²) in [6.07, 6.45) is -12.3. The maximum atomic E-state index is 12.6. The van der Waals surface area contributed by atoms with Crippen molar-refractivity contribution in [3.05, 3.63) is 11.0 Å². The lowest BCUT2D eigenvalue weighted by atomic mass is 10.1.